The topological polar surface area (TPSA) is 58.2 Å². The summed E-state index contributed by atoms with van der Waals surface area (Å²) >= 11 is 0. The van der Waals surface area contributed by atoms with Crippen molar-refractivity contribution >= 4 is 5.91 Å². The van der Waals surface area contributed by atoms with Crippen LogP contribution in [-0.2, 0) is 11.2 Å². The molecule has 0 saturated carbocycles. The number of carbonyl (C=O) groups is 1. The summed E-state index contributed by atoms with van der Waals surface area (Å²) < 4.78 is 5.80. The lowest BCUT2D eigenvalue weighted by Crippen LogP contribution is -2.42. The van der Waals surface area contributed by atoms with Crippen LogP contribution in [0.4, 0.5) is 0 Å². The van der Waals surface area contributed by atoms with E-state index in [0.29, 0.717) is 18.4 Å². The van der Waals surface area contributed by atoms with Gasteiger partial charge in [0.05, 0.1) is 6.61 Å². The van der Waals surface area contributed by atoms with Crippen molar-refractivity contribution in [2.45, 2.75) is 31.6 Å². The molecule has 1 fully saturated rings. The smallest absolute Gasteiger partial charge is 0.226 e. The highest BCUT2D eigenvalue weighted by Crippen LogP contribution is 2.30. The number of fused-ring (bicyclic) bond motifs is 1. The number of nitrogens with one attached hydrogen (secondary N) is 1. The average molecular weight is 325 g/mol. The van der Waals surface area contributed by atoms with Gasteiger partial charge in [0.1, 0.15) is 5.75 Å². The number of carbonyl (C=O) groups excluding carboxylic acids is 1. The summed E-state index contributed by atoms with van der Waals surface area (Å²) in [7, 11) is 0. The number of likely N-dealkylation sites (tertiary alicyclic amines) is 1. The van der Waals surface area contributed by atoms with Gasteiger partial charge in [-0.25, -0.2) is 0 Å². The van der Waals surface area contributed by atoms with Gasteiger partial charge in [-0.3, -0.25) is 9.89 Å². The van der Waals surface area contributed by atoms with Crippen molar-refractivity contribution in [3.63, 3.8) is 0 Å². The van der Waals surface area contributed by atoms with E-state index in [4.69, 9.17) is 4.74 Å². The molecule has 2 aromatic rings. The highest BCUT2D eigenvalue weighted by atomic mass is 16.5. The van der Waals surface area contributed by atoms with E-state index in [-0.39, 0.29) is 5.92 Å². The van der Waals surface area contributed by atoms with Crippen LogP contribution in [0, 0.1) is 5.92 Å². The van der Waals surface area contributed by atoms with Crippen molar-refractivity contribution in [1.82, 2.24) is 15.1 Å². The van der Waals surface area contributed by atoms with E-state index >= 15 is 0 Å². The Labute approximate surface area is 142 Å². The standard InChI is InChI=1S/C19H23N3O2/c23-19(16-8-12-24-18-4-2-1-3-15(18)13-16)22-10-6-14(7-11-22)17-5-9-20-21-17/h1-5,9,14,16H,6-8,10-13H2,(H,20,21)/t16-/m0/s1. The van der Waals surface area contributed by atoms with Crippen molar-refractivity contribution in [2.24, 2.45) is 5.92 Å². The molecule has 1 saturated heterocycles. The summed E-state index contributed by atoms with van der Waals surface area (Å²) in [6, 6.07) is 10.1. The Bertz CT molecular complexity index is 690. The van der Waals surface area contributed by atoms with Gasteiger partial charge in [0.25, 0.3) is 0 Å². The Kier molecular flexibility index (Phi) is 4.24. The number of hydrogen-bond acceptors (Lipinski definition) is 3. The summed E-state index contributed by atoms with van der Waals surface area (Å²) in [6.45, 7) is 2.29. The van der Waals surface area contributed by atoms with Gasteiger partial charge in [-0.15, -0.1) is 0 Å². The van der Waals surface area contributed by atoms with Crippen LogP contribution in [0.3, 0.4) is 0 Å². The molecule has 0 aliphatic carbocycles. The number of aromatic amines is 1. The lowest BCUT2D eigenvalue weighted by molar-refractivity contribution is -0.136. The van der Waals surface area contributed by atoms with Crippen molar-refractivity contribution in [1.29, 1.82) is 0 Å². The fraction of sp³-hybridized carbons (Fsp3) is 0.474. The molecule has 0 radical (unpaired) electrons. The Morgan fingerprint density at radius 1 is 1.17 bits per heavy atom. The molecule has 1 N–H and O–H groups in total. The molecule has 1 aromatic carbocycles. The van der Waals surface area contributed by atoms with Crippen molar-refractivity contribution in [3.05, 3.63) is 47.8 Å². The van der Waals surface area contributed by atoms with Gasteiger partial charge in [0, 0.05) is 36.8 Å². The van der Waals surface area contributed by atoms with Crippen LogP contribution in [0.25, 0.3) is 0 Å². The average Bonchev–Trinajstić information content (AvgIpc) is 3.08. The number of para-hydroxylation sites is 1. The number of amides is 1. The first-order valence-corrected chi connectivity index (χ1v) is 8.80. The number of piperidine rings is 1. The molecule has 3 heterocycles. The largest absolute Gasteiger partial charge is 0.493 e. The maximum Gasteiger partial charge on any atom is 0.226 e. The number of hydrogen-bond donors (Lipinski definition) is 1. The third-order valence-electron chi connectivity index (χ3n) is 5.28. The second-order valence-corrected chi connectivity index (χ2v) is 6.76. The van der Waals surface area contributed by atoms with Crippen LogP contribution >= 0.6 is 0 Å². The minimum atomic E-state index is 0.0392. The van der Waals surface area contributed by atoms with Crippen molar-refractivity contribution < 1.29 is 9.53 Å². The van der Waals surface area contributed by atoms with Gasteiger partial charge >= 0.3 is 0 Å². The number of aromatic nitrogens is 2. The molecule has 0 bridgehead atoms. The van der Waals surface area contributed by atoms with E-state index in [1.54, 1.807) is 6.20 Å². The Morgan fingerprint density at radius 2 is 2.00 bits per heavy atom. The number of benzene rings is 1. The molecule has 0 unspecified atom stereocenters. The fourth-order valence-corrected chi connectivity index (χ4v) is 3.87. The minimum Gasteiger partial charge on any atom is -0.493 e. The molecule has 0 spiro atoms. The maximum atomic E-state index is 13.0. The van der Waals surface area contributed by atoms with E-state index in [1.165, 1.54) is 5.69 Å². The molecule has 2 aliphatic rings. The molecule has 126 valence electrons. The van der Waals surface area contributed by atoms with Crippen LogP contribution in [0.1, 0.15) is 36.4 Å². The summed E-state index contributed by atoms with van der Waals surface area (Å²) in [5, 5.41) is 7.10. The van der Waals surface area contributed by atoms with Crippen LogP contribution < -0.4 is 4.74 Å². The van der Waals surface area contributed by atoms with Gasteiger partial charge in [-0.05, 0) is 43.4 Å². The van der Waals surface area contributed by atoms with E-state index in [1.807, 2.05) is 29.2 Å². The highest BCUT2D eigenvalue weighted by Gasteiger charge is 2.30. The summed E-state index contributed by atoms with van der Waals surface area (Å²) in [5.41, 5.74) is 2.35. The monoisotopic (exact) mass is 325 g/mol. The van der Waals surface area contributed by atoms with Crippen molar-refractivity contribution in [2.75, 3.05) is 19.7 Å². The van der Waals surface area contributed by atoms with E-state index in [0.717, 1.165) is 50.1 Å². The number of H-pyrrole nitrogens is 1. The van der Waals surface area contributed by atoms with Gasteiger partial charge in [0.15, 0.2) is 0 Å². The van der Waals surface area contributed by atoms with E-state index < -0.39 is 0 Å². The molecular weight excluding hydrogens is 302 g/mol. The molecule has 5 heteroatoms. The molecule has 4 rings (SSSR count). The zero-order valence-corrected chi connectivity index (χ0v) is 13.8. The molecule has 5 nitrogen and oxygen atoms in total. The summed E-state index contributed by atoms with van der Waals surface area (Å²) in [6.07, 6.45) is 5.40. The zero-order chi connectivity index (χ0) is 16.4. The number of rotatable bonds is 2. The predicted molar refractivity (Wildman–Crippen MR) is 90.9 cm³/mol. The first-order valence-electron chi connectivity index (χ1n) is 8.80. The summed E-state index contributed by atoms with van der Waals surface area (Å²) in [5.74, 6) is 1.76. The Hall–Kier alpha value is -2.30. The highest BCUT2D eigenvalue weighted by molar-refractivity contribution is 5.79. The van der Waals surface area contributed by atoms with E-state index in [2.05, 4.69) is 16.3 Å². The predicted octanol–water partition coefficient (Wildman–Crippen LogP) is 2.76. The Morgan fingerprint density at radius 3 is 2.79 bits per heavy atom. The molecule has 1 amide bonds. The Balaban J connectivity index is 1.40. The maximum absolute atomic E-state index is 13.0. The zero-order valence-electron chi connectivity index (χ0n) is 13.8. The SMILES string of the molecule is O=C([C@H]1CCOc2ccccc2C1)N1CCC(c2ccn[nH]2)CC1. The third-order valence-corrected chi connectivity index (χ3v) is 5.28. The lowest BCUT2D eigenvalue weighted by atomic mass is 9.91. The molecular formula is C19H23N3O2. The number of ether oxygens (including phenoxy) is 1. The molecule has 24 heavy (non-hydrogen) atoms. The number of nitrogens with zero attached hydrogens (tertiary/aromatic N) is 2. The van der Waals surface area contributed by atoms with Gasteiger partial charge < -0.3 is 9.64 Å². The van der Waals surface area contributed by atoms with Crippen LogP contribution in [0.5, 0.6) is 5.75 Å². The first-order chi connectivity index (χ1) is 11.8. The quantitative estimate of drug-likeness (QED) is 0.923. The first kappa shape index (κ1) is 15.2. The van der Waals surface area contributed by atoms with Gasteiger partial charge in [-0.2, -0.15) is 5.10 Å². The summed E-state index contributed by atoms with van der Waals surface area (Å²) in [4.78, 5) is 15.0. The normalized spacial score (nSPS) is 21.7. The van der Waals surface area contributed by atoms with E-state index in [9.17, 15) is 4.79 Å². The third kappa shape index (κ3) is 3.03. The minimum absolute atomic E-state index is 0.0392. The lowest BCUT2D eigenvalue weighted by Gasteiger charge is -2.33. The van der Waals surface area contributed by atoms with Crippen LogP contribution in [-0.4, -0.2) is 40.7 Å². The van der Waals surface area contributed by atoms with Crippen LogP contribution in [0.2, 0.25) is 0 Å². The molecule has 2 aliphatic heterocycles. The van der Waals surface area contributed by atoms with Crippen molar-refractivity contribution in [3.8, 4) is 5.75 Å². The second-order valence-electron chi connectivity index (χ2n) is 6.76. The van der Waals surface area contributed by atoms with Gasteiger partial charge in [-0.1, -0.05) is 18.2 Å². The second kappa shape index (κ2) is 6.67. The van der Waals surface area contributed by atoms with Crippen LogP contribution in [0.15, 0.2) is 36.5 Å². The fourth-order valence-electron chi connectivity index (χ4n) is 3.87. The van der Waals surface area contributed by atoms with Gasteiger partial charge in [0.2, 0.25) is 5.91 Å². The molecule has 1 atom stereocenters. The molecule has 1 aromatic heterocycles.